The van der Waals surface area contributed by atoms with Crippen LogP contribution in [0, 0.1) is 11.8 Å². The van der Waals surface area contributed by atoms with Crippen LogP contribution in [0.3, 0.4) is 0 Å². The highest BCUT2D eigenvalue weighted by molar-refractivity contribution is 7.92. The van der Waals surface area contributed by atoms with E-state index in [9.17, 15) is 8.42 Å². The van der Waals surface area contributed by atoms with Crippen molar-refractivity contribution in [3.63, 3.8) is 0 Å². The molecule has 0 radical (unpaired) electrons. The molecule has 1 heterocycles. The fourth-order valence-electron chi connectivity index (χ4n) is 3.87. The number of rotatable bonds is 12. The second-order valence-electron chi connectivity index (χ2n) is 11.4. The minimum Gasteiger partial charge on any atom is -0.417 e. The van der Waals surface area contributed by atoms with Gasteiger partial charge in [0.05, 0.1) is 16.8 Å². The molecule has 1 aromatic carbocycles. The van der Waals surface area contributed by atoms with Gasteiger partial charge in [-0.2, -0.15) is 0 Å². The quantitative estimate of drug-likeness (QED) is 0.310. The molecule has 1 saturated heterocycles. The van der Waals surface area contributed by atoms with Crippen LogP contribution in [0.4, 0.5) is 0 Å². The number of hydrogen-bond donors (Lipinski definition) is 0. The lowest BCUT2D eigenvalue weighted by molar-refractivity contribution is -0.168. The average molecular weight is 499 g/mol. The second kappa shape index (κ2) is 12.3. The van der Waals surface area contributed by atoms with E-state index in [4.69, 9.17) is 13.9 Å². The number of hydrogen-bond acceptors (Lipinski definition) is 5. The number of sulfone groups is 1. The predicted molar refractivity (Wildman–Crippen MR) is 138 cm³/mol. The predicted octanol–water partition coefficient (Wildman–Crippen LogP) is 6.45. The zero-order valence-corrected chi connectivity index (χ0v) is 23.6. The molecule has 4 atom stereocenters. The molecule has 1 fully saturated rings. The van der Waals surface area contributed by atoms with Crippen molar-refractivity contribution < 1.29 is 22.3 Å². The summed E-state index contributed by atoms with van der Waals surface area (Å²) >= 11 is 0. The molecular weight excluding hydrogens is 452 g/mol. The third kappa shape index (κ3) is 8.77. The van der Waals surface area contributed by atoms with E-state index in [0.29, 0.717) is 31.0 Å². The summed E-state index contributed by atoms with van der Waals surface area (Å²) in [7, 11) is -5.32. The molecule has 7 heteroatoms. The van der Waals surface area contributed by atoms with Crippen molar-refractivity contribution in [2.75, 3.05) is 19.8 Å². The van der Waals surface area contributed by atoms with Gasteiger partial charge in [-0.15, -0.1) is 0 Å². The molecular formula is C26H46O5SSi. The van der Waals surface area contributed by atoms with E-state index in [0.717, 1.165) is 25.9 Å². The van der Waals surface area contributed by atoms with Crippen LogP contribution in [-0.2, 0) is 23.7 Å². The largest absolute Gasteiger partial charge is 0.417 e. The Labute approximate surface area is 203 Å². The zero-order chi connectivity index (χ0) is 24.7. The summed E-state index contributed by atoms with van der Waals surface area (Å²) < 4.78 is 45.2. The first-order valence-corrected chi connectivity index (χ1v) is 16.9. The van der Waals surface area contributed by atoms with Gasteiger partial charge in [-0.25, -0.2) is 8.42 Å². The monoisotopic (exact) mass is 498 g/mol. The van der Waals surface area contributed by atoms with E-state index in [1.807, 2.05) is 6.07 Å². The molecule has 1 aromatic rings. The topological polar surface area (TPSA) is 61.8 Å². The average Bonchev–Trinajstić information content (AvgIpc) is 2.76. The van der Waals surface area contributed by atoms with Gasteiger partial charge in [0.15, 0.2) is 24.4 Å². The highest BCUT2D eigenvalue weighted by atomic mass is 32.2. The maximum atomic E-state index is 13.6. The summed E-state index contributed by atoms with van der Waals surface area (Å²) in [6.45, 7) is 17.2. The van der Waals surface area contributed by atoms with Gasteiger partial charge in [-0.3, -0.25) is 0 Å². The Morgan fingerprint density at radius 1 is 1.03 bits per heavy atom. The van der Waals surface area contributed by atoms with Gasteiger partial charge in [0, 0.05) is 13.2 Å². The Balaban J connectivity index is 2.06. The Morgan fingerprint density at radius 2 is 1.64 bits per heavy atom. The van der Waals surface area contributed by atoms with E-state index in [-0.39, 0.29) is 23.2 Å². The lowest BCUT2D eigenvalue weighted by Gasteiger charge is -2.37. The SMILES string of the molecule is C[C@H](COC1CCCCO1)CC(C[C@H](C)CO[Si](C)(C)C(C)(C)C)S(=O)(=O)c1ccccc1. The maximum absolute atomic E-state index is 13.6. The molecule has 190 valence electrons. The Morgan fingerprint density at radius 3 is 2.18 bits per heavy atom. The molecule has 0 aromatic heterocycles. The minimum absolute atomic E-state index is 0.118. The van der Waals surface area contributed by atoms with Crippen LogP contribution in [0.2, 0.25) is 18.1 Å². The molecule has 2 unspecified atom stereocenters. The van der Waals surface area contributed by atoms with Crippen LogP contribution in [0.5, 0.6) is 0 Å². The van der Waals surface area contributed by atoms with Gasteiger partial charge in [-0.1, -0.05) is 52.8 Å². The second-order valence-corrected chi connectivity index (χ2v) is 18.4. The minimum atomic E-state index is -3.45. The first-order chi connectivity index (χ1) is 15.3. The molecule has 0 spiro atoms. The normalized spacial score (nSPS) is 20.9. The molecule has 33 heavy (non-hydrogen) atoms. The highest BCUT2D eigenvalue weighted by Crippen LogP contribution is 2.37. The lowest BCUT2D eigenvalue weighted by Crippen LogP contribution is -2.42. The van der Waals surface area contributed by atoms with E-state index in [2.05, 4.69) is 47.7 Å². The van der Waals surface area contributed by atoms with Crippen molar-refractivity contribution in [1.82, 2.24) is 0 Å². The van der Waals surface area contributed by atoms with Crippen LogP contribution in [-0.4, -0.2) is 48.1 Å². The molecule has 1 aliphatic heterocycles. The first-order valence-electron chi connectivity index (χ1n) is 12.5. The Kier molecular flexibility index (Phi) is 10.6. The maximum Gasteiger partial charge on any atom is 0.191 e. The molecule has 0 amide bonds. The van der Waals surface area contributed by atoms with Gasteiger partial charge in [0.2, 0.25) is 0 Å². The molecule has 0 bridgehead atoms. The number of ether oxygens (including phenoxy) is 2. The van der Waals surface area contributed by atoms with Crippen molar-refractivity contribution in [1.29, 1.82) is 0 Å². The lowest BCUT2D eigenvalue weighted by atomic mass is 9.99. The van der Waals surface area contributed by atoms with Crippen LogP contribution in [0.25, 0.3) is 0 Å². The van der Waals surface area contributed by atoms with Crippen LogP contribution in [0.1, 0.15) is 66.7 Å². The fourth-order valence-corrected chi connectivity index (χ4v) is 7.09. The molecule has 2 rings (SSSR count). The molecule has 1 aliphatic rings. The standard InChI is InChI=1S/C26H46O5SSi/c1-21(19-30-25-15-11-12-16-29-25)17-24(32(27,28)23-13-9-8-10-14-23)18-22(2)20-31-33(6,7)26(3,4)5/h8-10,13-14,21-22,24-25H,11-12,15-20H2,1-7H3/t21-,22-,24?,25?/m0/s1. The summed E-state index contributed by atoms with van der Waals surface area (Å²) in [5.74, 6) is 0.268. The van der Waals surface area contributed by atoms with E-state index >= 15 is 0 Å². The van der Waals surface area contributed by atoms with Crippen molar-refractivity contribution in [3.05, 3.63) is 30.3 Å². The first kappa shape index (κ1) is 28.5. The van der Waals surface area contributed by atoms with E-state index in [1.54, 1.807) is 24.3 Å². The van der Waals surface area contributed by atoms with Crippen LogP contribution >= 0.6 is 0 Å². The van der Waals surface area contributed by atoms with Gasteiger partial charge in [0.25, 0.3) is 0 Å². The third-order valence-electron chi connectivity index (χ3n) is 7.08. The van der Waals surface area contributed by atoms with E-state index in [1.165, 1.54) is 0 Å². The van der Waals surface area contributed by atoms with Crippen molar-refractivity contribution >= 4 is 18.2 Å². The number of benzene rings is 1. The summed E-state index contributed by atoms with van der Waals surface area (Å²) in [5.41, 5.74) is 0. The van der Waals surface area contributed by atoms with Crippen molar-refractivity contribution in [2.24, 2.45) is 11.8 Å². The Hall–Kier alpha value is -0.733. The molecule has 0 aliphatic carbocycles. The van der Waals surface area contributed by atoms with Gasteiger partial charge in [-0.05, 0) is 74.2 Å². The van der Waals surface area contributed by atoms with Crippen molar-refractivity contribution in [3.8, 4) is 0 Å². The van der Waals surface area contributed by atoms with Gasteiger partial charge in [0.1, 0.15) is 0 Å². The summed E-state index contributed by atoms with van der Waals surface area (Å²) in [6, 6.07) is 8.85. The van der Waals surface area contributed by atoms with E-state index < -0.39 is 23.4 Å². The fraction of sp³-hybridized carbons (Fsp3) is 0.769. The molecule has 0 saturated carbocycles. The molecule has 5 nitrogen and oxygen atoms in total. The van der Waals surface area contributed by atoms with Gasteiger partial charge < -0.3 is 13.9 Å². The van der Waals surface area contributed by atoms with Crippen LogP contribution in [0.15, 0.2) is 35.2 Å². The van der Waals surface area contributed by atoms with Crippen molar-refractivity contribution in [2.45, 2.75) is 101 Å². The highest BCUT2D eigenvalue weighted by Gasteiger charge is 2.38. The summed E-state index contributed by atoms with van der Waals surface area (Å²) in [6.07, 6.45) is 4.12. The smallest absolute Gasteiger partial charge is 0.191 e. The van der Waals surface area contributed by atoms with Gasteiger partial charge >= 0.3 is 0 Å². The van der Waals surface area contributed by atoms with Crippen LogP contribution < -0.4 is 0 Å². The summed E-state index contributed by atoms with van der Waals surface area (Å²) in [4.78, 5) is 0.399. The zero-order valence-electron chi connectivity index (χ0n) is 21.8. The molecule has 0 N–H and O–H groups in total. The third-order valence-corrected chi connectivity index (χ3v) is 13.8. The Bertz CT molecular complexity index is 798. The summed E-state index contributed by atoms with van der Waals surface area (Å²) in [5, 5.41) is -0.335.